The number of aryl methyl sites for hydroxylation is 1. The average molecular weight is 586 g/mol. The number of hydrogen-bond acceptors (Lipinski definition) is 5. The summed E-state index contributed by atoms with van der Waals surface area (Å²) < 4.78 is 19.6. The van der Waals surface area contributed by atoms with Gasteiger partial charge in [-0.3, -0.25) is 9.89 Å². The number of rotatable bonds is 15. The minimum absolute atomic E-state index is 0.119. The van der Waals surface area contributed by atoms with Crippen LogP contribution in [0.15, 0.2) is 84.0 Å². The number of aromatic nitrogens is 2. The van der Waals surface area contributed by atoms with Crippen LogP contribution >= 0.6 is 0 Å². The minimum Gasteiger partial charge on any atom is -0.481 e. The zero-order valence-corrected chi connectivity index (χ0v) is 25.2. The van der Waals surface area contributed by atoms with Crippen molar-refractivity contribution in [2.75, 3.05) is 0 Å². The molecule has 1 heterocycles. The van der Waals surface area contributed by atoms with Crippen LogP contribution in [-0.2, 0) is 35.5 Å². The Morgan fingerprint density at radius 2 is 1.58 bits per heavy atom. The summed E-state index contributed by atoms with van der Waals surface area (Å²) >= 11 is 0. The second kappa shape index (κ2) is 15.1. The highest BCUT2D eigenvalue weighted by Gasteiger charge is 2.23. The molecule has 2 atom stereocenters. The van der Waals surface area contributed by atoms with E-state index in [4.69, 9.17) is 9.57 Å². The van der Waals surface area contributed by atoms with E-state index in [0.29, 0.717) is 17.4 Å². The molecule has 0 saturated carbocycles. The van der Waals surface area contributed by atoms with Gasteiger partial charge < -0.3 is 14.7 Å². The lowest BCUT2D eigenvalue weighted by molar-refractivity contribution is -0.139. The highest BCUT2D eigenvalue weighted by Crippen LogP contribution is 2.29. The van der Waals surface area contributed by atoms with Crippen molar-refractivity contribution in [1.82, 2.24) is 10.2 Å². The Hall–Kier alpha value is -4.46. The Labute approximate surface area is 252 Å². The standard InChI is InChI=1S/C35H40FN3O4/c1-5-6-30-21-33(38-37-30)34(28-13-7-25(8-14-28)19-23(2)3)43-31-17-11-26(12-18-31)20-32(35(40)41)24(4)39-42-22-27-9-15-29(36)16-10-27/h7-18,21,23,32,34H,5-6,19-20,22H2,1-4H3,(H,37,38)(H,40,41). The monoisotopic (exact) mass is 585 g/mol. The Balaban J connectivity index is 1.46. The Bertz CT molecular complexity index is 1480. The first-order valence-corrected chi connectivity index (χ1v) is 14.7. The molecule has 0 aliphatic rings. The fourth-order valence-corrected chi connectivity index (χ4v) is 4.85. The van der Waals surface area contributed by atoms with Gasteiger partial charge in [0.15, 0.2) is 6.10 Å². The van der Waals surface area contributed by atoms with Crippen LogP contribution < -0.4 is 4.74 Å². The van der Waals surface area contributed by atoms with E-state index in [1.807, 2.05) is 24.3 Å². The quantitative estimate of drug-likeness (QED) is 0.110. The first kappa shape index (κ1) is 31.5. The molecule has 0 aliphatic heterocycles. The van der Waals surface area contributed by atoms with Crippen molar-refractivity contribution in [3.05, 3.63) is 118 Å². The number of H-pyrrole nitrogens is 1. The van der Waals surface area contributed by atoms with E-state index in [1.165, 1.54) is 17.7 Å². The molecule has 0 amide bonds. The molecule has 2 unspecified atom stereocenters. The molecule has 4 aromatic rings. The molecule has 2 N–H and O–H groups in total. The van der Waals surface area contributed by atoms with Crippen LogP contribution in [0, 0.1) is 17.7 Å². The molecule has 3 aromatic carbocycles. The van der Waals surface area contributed by atoms with Crippen LogP contribution in [0.25, 0.3) is 0 Å². The van der Waals surface area contributed by atoms with Crippen molar-refractivity contribution >= 4 is 11.7 Å². The van der Waals surface area contributed by atoms with Crippen LogP contribution in [0.2, 0.25) is 0 Å². The average Bonchev–Trinajstić information content (AvgIpc) is 3.45. The number of oxime groups is 1. The number of halogens is 1. The largest absolute Gasteiger partial charge is 0.481 e. The van der Waals surface area contributed by atoms with Crippen molar-refractivity contribution in [3.8, 4) is 5.75 Å². The van der Waals surface area contributed by atoms with Crippen LogP contribution in [-0.4, -0.2) is 27.0 Å². The van der Waals surface area contributed by atoms with Gasteiger partial charge >= 0.3 is 5.97 Å². The van der Waals surface area contributed by atoms with Gasteiger partial charge in [0.05, 0.1) is 5.71 Å². The molecule has 0 aliphatic carbocycles. The fraction of sp³-hybridized carbons (Fsp3) is 0.343. The number of ether oxygens (including phenoxy) is 1. The molecular formula is C35H40FN3O4. The molecule has 1 aromatic heterocycles. The van der Waals surface area contributed by atoms with E-state index in [1.54, 1.807) is 19.1 Å². The van der Waals surface area contributed by atoms with E-state index in [-0.39, 0.29) is 18.8 Å². The highest BCUT2D eigenvalue weighted by atomic mass is 19.1. The van der Waals surface area contributed by atoms with Gasteiger partial charge in [0.2, 0.25) is 0 Å². The van der Waals surface area contributed by atoms with Gasteiger partial charge in [-0.15, -0.1) is 0 Å². The number of carbonyl (C=O) groups is 1. The SMILES string of the molecule is CCCc1cc(C(Oc2ccc(CC(C(=O)O)C(C)=NOCc3ccc(F)cc3)cc2)c2ccc(CC(C)C)cc2)n[nH]1. The first-order chi connectivity index (χ1) is 20.7. The molecule has 7 nitrogen and oxygen atoms in total. The number of aliphatic carboxylic acids is 1. The summed E-state index contributed by atoms with van der Waals surface area (Å²) in [5, 5.41) is 21.6. The predicted molar refractivity (Wildman–Crippen MR) is 166 cm³/mol. The number of carboxylic acids is 1. The summed E-state index contributed by atoms with van der Waals surface area (Å²) in [5.41, 5.74) is 6.07. The zero-order valence-electron chi connectivity index (χ0n) is 25.2. The van der Waals surface area contributed by atoms with Gasteiger partial charge in [-0.25, -0.2) is 4.39 Å². The molecule has 0 fully saturated rings. The van der Waals surface area contributed by atoms with E-state index in [0.717, 1.165) is 47.3 Å². The number of hydrogen-bond donors (Lipinski definition) is 2. The molecule has 8 heteroatoms. The van der Waals surface area contributed by atoms with Crippen molar-refractivity contribution < 1.29 is 23.9 Å². The smallest absolute Gasteiger partial charge is 0.312 e. The van der Waals surface area contributed by atoms with Crippen molar-refractivity contribution in [2.24, 2.45) is 17.0 Å². The van der Waals surface area contributed by atoms with Crippen LogP contribution in [0.1, 0.15) is 73.9 Å². The lowest BCUT2D eigenvalue weighted by Gasteiger charge is -2.19. The molecule has 0 spiro atoms. The predicted octanol–water partition coefficient (Wildman–Crippen LogP) is 7.70. The number of carboxylic acid groups (broad SMARTS) is 1. The zero-order chi connectivity index (χ0) is 30.8. The third-order valence-electron chi connectivity index (χ3n) is 7.14. The summed E-state index contributed by atoms with van der Waals surface area (Å²) in [6, 6.07) is 23.9. The number of benzene rings is 3. The molecule has 4 rings (SSSR count). The number of aromatic amines is 1. The summed E-state index contributed by atoms with van der Waals surface area (Å²) in [7, 11) is 0. The van der Waals surface area contributed by atoms with E-state index in [9.17, 15) is 14.3 Å². The first-order valence-electron chi connectivity index (χ1n) is 14.7. The molecule has 226 valence electrons. The van der Waals surface area contributed by atoms with Crippen molar-refractivity contribution in [1.29, 1.82) is 0 Å². The second-order valence-electron chi connectivity index (χ2n) is 11.3. The molecule has 0 saturated heterocycles. The number of nitrogens with one attached hydrogen (secondary N) is 1. The lowest BCUT2D eigenvalue weighted by Crippen LogP contribution is -2.24. The maximum absolute atomic E-state index is 13.1. The van der Waals surface area contributed by atoms with Gasteiger partial charge in [0.25, 0.3) is 0 Å². The normalized spacial score (nSPS) is 13.1. The molecule has 0 radical (unpaired) electrons. The molecular weight excluding hydrogens is 545 g/mol. The van der Waals surface area contributed by atoms with Crippen LogP contribution in [0.4, 0.5) is 4.39 Å². The lowest BCUT2D eigenvalue weighted by atomic mass is 9.95. The second-order valence-corrected chi connectivity index (χ2v) is 11.3. The maximum atomic E-state index is 13.1. The van der Waals surface area contributed by atoms with Gasteiger partial charge in [0, 0.05) is 5.69 Å². The summed E-state index contributed by atoms with van der Waals surface area (Å²) in [6.45, 7) is 8.30. The number of nitrogens with zero attached hydrogens (tertiary/aromatic N) is 2. The third-order valence-corrected chi connectivity index (χ3v) is 7.14. The maximum Gasteiger partial charge on any atom is 0.312 e. The summed E-state index contributed by atoms with van der Waals surface area (Å²) in [5.74, 6) is -0.962. The Morgan fingerprint density at radius 3 is 2.21 bits per heavy atom. The summed E-state index contributed by atoms with van der Waals surface area (Å²) in [4.78, 5) is 17.4. The highest BCUT2D eigenvalue weighted by molar-refractivity contribution is 6.00. The van der Waals surface area contributed by atoms with Gasteiger partial charge in [-0.05, 0) is 84.7 Å². The van der Waals surface area contributed by atoms with Gasteiger partial charge in [0.1, 0.15) is 29.8 Å². The van der Waals surface area contributed by atoms with E-state index in [2.05, 4.69) is 66.5 Å². The minimum atomic E-state index is -0.991. The Morgan fingerprint density at radius 1 is 0.953 bits per heavy atom. The van der Waals surface area contributed by atoms with Crippen LogP contribution in [0.5, 0.6) is 5.75 Å². The van der Waals surface area contributed by atoms with Crippen molar-refractivity contribution in [3.63, 3.8) is 0 Å². The fourth-order valence-electron chi connectivity index (χ4n) is 4.85. The molecule has 0 bridgehead atoms. The molecule has 43 heavy (non-hydrogen) atoms. The van der Waals surface area contributed by atoms with Crippen LogP contribution in [0.3, 0.4) is 0 Å². The van der Waals surface area contributed by atoms with E-state index >= 15 is 0 Å². The van der Waals surface area contributed by atoms with Gasteiger partial charge in [-0.1, -0.05) is 80.9 Å². The summed E-state index contributed by atoms with van der Waals surface area (Å²) in [6.07, 6.45) is 2.77. The van der Waals surface area contributed by atoms with E-state index < -0.39 is 18.0 Å². The van der Waals surface area contributed by atoms with Gasteiger partial charge in [-0.2, -0.15) is 5.10 Å². The topological polar surface area (TPSA) is 96.8 Å². The van der Waals surface area contributed by atoms with Crippen molar-refractivity contribution in [2.45, 2.75) is 66.1 Å². The third kappa shape index (κ3) is 9.26. The Kier molecular flexibility index (Phi) is 11.1.